The van der Waals surface area contributed by atoms with Crippen LogP contribution in [-0.4, -0.2) is 19.0 Å². The molecule has 0 spiro atoms. The van der Waals surface area contributed by atoms with Crippen molar-refractivity contribution in [2.75, 3.05) is 6.54 Å². The Morgan fingerprint density at radius 2 is 2.18 bits per heavy atom. The number of hydrogen-bond acceptors (Lipinski definition) is 3. The Kier molecular flexibility index (Phi) is 7.98. The van der Waals surface area contributed by atoms with Crippen LogP contribution in [0.2, 0.25) is 0 Å². The van der Waals surface area contributed by atoms with Gasteiger partial charge in [0.05, 0.1) is 0 Å². The maximum absolute atomic E-state index is 9.88. The molecule has 0 bridgehead atoms. The predicted octanol–water partition coefficient (Wildman–Crippen LogP) is 1.11. The molecule has 0 aromatic heterocycles. The molecule has 2 N–H and O–H groups in total. The second-order valence-electron chi connectivity index (χ2n) is 2.14. The third-order valence-electron chi connectivity index (χ3n) is 1.20. The fourth-order valence-electron chi connectivity index (χ4n) is 0.654. The van der Waals surface area contributed by atoms with Crippen molar-refractivity contribution in [3.8, 4) is 0 Å². The molecule has 0 fully saturated rings. The van der Waals surface area contributed by atoms with Crippen LogP contribution < -0.4 is 5.32 Å². The van der Waals surface area contributed by atoms with Crippen molar-refractivity contribution in [3.05, 3.63) is 12.3 Å². The molecule has 0 saturated heterocycles. The van der Waals surface area contributed by atoms with Crippen LogP contribution >= 0.6 is 0 Å². The molecule has 0 heterocycles. The number of nitrogens with one attached hydrogen (secondary N) is 2. The summed E-state index contributed by atoms with van der Waals surface area (Å²) in [4.78, 5) is 9.88. The fraction of sp³-hybridized carbons (Fsp3) is 0.500. The average molecular weight is 154 g/mol. The first-order valence-corrected chi connectivity index (χ1v) is 3.74. The summed E-state index contributed by atoms with van der Waals surface area (Å²) in [5.41, 5.74) is 0. The molecular weight excluding hydrogens is 140 g/mol. The second-order valence-corrected chi connectivity index (χ2v) is 2.14. The standard InChI is InChI=1S/C8H14N2O/c9-5-4-7-10-6-2-1-3-8-11/h4-5,7-10H,1-3,6H2/b7-4-,9-5?. The summed E-state index contributed by atoms with van der Waals surface area (Å²) in [7, 11) is 0. The zero-order chi connectivity index (χ0) is 8.36. The lowest BCUT2D eigenvalue weighted by Gasteiger charge is -1.96. The van der Waals surface area contributed by atoms with Crippen LogP contribution in [0.15, 0.2) is 12.3 Å². The molecule has 0 saturated carbocycles. The first-order chi connectivity index (χ1) is 5.41. The van der Waals surface area contributed by atoms with Gasteiger partial charge in [0.15, 0.2) is 0 Å². The zero-order valence-electron chi connectivity index (χ0n) is 6.55. The topological polar surface area (TPSA) is 53.0 Å². The van der Waals surface area contributed by atoms with Crippen molar-refractivity contribution in [2.24, 2.45) is 0 Å². The van der Waals surface area contributed by atoms with Crippen LogP contribution in [0.5, 0.6) is 0 Å². The number of unbranched alkanes of at least 4 members (excludes halogenated alkanes) is 2. The fourth-order valence-corrected chi connectivity index (χ4v) is 0.654. The number of rotatable bonds is 7. The van der Waals surface area contributed by atoms with Gasteiger partial charge in [-0.2, -0.15) is 0 Å². The number of hydrogen-bond donors (Lipinski definition) is 2. The lowest BCUT2D eigenvalue weighted by atomic mass is 10.2. The van der Waals surface area contributed by atoms with E-state index in [0.29, 0.717) is 6.42 Å². The van der Waals surface area contributed by atoms with Crippen molar-refractivity contribution >= 4 is 12.5 Å². The van der Waals surface area contributed by atoms with Gasteiger partial charge < -0.3 is 15.5 Å². The summed E-state index contributed by atoms with van der Waals surface area (Å²) in [6.07, 6.45) is 8.10. The molecule has 11 heavy (non-hydrogen) atoms. The number of aldehydes is 1. The van der Waals surface area contributed by atoms with Crippen LogP contribution in [0, 0.1) is 5.41 Å². The Morgan fingerprint density at radius 1 is 1.36 bits per heavy atom. The molecule has 0 aliphatic heterocycles. The van der Waals surface area contributed by atoms with Gasteiger partial charge in [0.2, 0.25) is 0 Å². The van der Waals surface area contributed by atoms with E-state index in [4.69, 9.17) is 5.41 Å². The van der Waals surface area contributed by atoms with Gasteiger partial charge in [-0.15, -0.1) is 0 Å². The lowest BCUT2D eigenvalue weighted by Crippen LogP contribution is -2.06. The molecule has 0 aliphatic carbocycles. The van der Waals surface area contributed by atoms with Gasteiger partial charge in [-0.3, -0.25) is 0 Å². The highest BCUT2D eigenvalue weighted by Crippen LogP contribution is 1.89. The van der Waals surface area contributed by atoms with E-state index in [1.807, 2.05) is 0 Å². The Balaban J connectivity index is 2.95. The third-order valence-corrected chi connectivity index (χ3v) is 1.20. The summed E-state index contributed by atoms with van der Waals surface area (Å²) in [5, 5.41) is 9.65. The SMILES string of the molecule is N=C/C=C\NCCCCC=O. The lowest BCUT2D eigenvalue weighted by molar-refractivity contribution is -0.107. The van der Waals surface area contributed by atoms with E-state index in [-0.39, 0.29) is 0 Å². The van der Waals surface area contributed by atoms with Gasteiger partial charge in [0.25, 0.3) is 0 Å². The van der Waals surface area contributed by atoms with Gasteiger partial charge in [0.1, 0.15) is 6.29 Å². The van der Waals surface area contributed by atoms with E-state index in [2.05, 4.69) is 5.32 Å². The molecule has 0 aromatic rings. The normalized spacial score (nSPS) is 9.82. The monoisotopic (exact) mass is 154 g/mol. The average Bonchev–Trinajstić information content (AvgIpc) is 2.03. The van der Waals surface area contributed by atoms with Gasteiger partial charge in [0, 0.05) is 19.2 Å². The van der Waals surface area contributed by atoms with Crippen molar-refractivity contribution < 1.29 is 4.79 Å². The maximum atomic E-state index is 9.88. The highest BCUT2D eigenvalue weighted by atomic mass is 16.1. The van der Waals surface area contributed by atoms with E-state index in [0.717, 1.165) is 25.7 Å². The third kappa shape index (κ3) is 8.88. The molecule has 0 aromatic carbocycles. The van der Waals surface area contributed by atoms with Gasteiger partial charge in [-0.25, -0.2) is 0 Å². The Bertz CT molecular complexity index is 132. The molecule has 3 nitrogen and oxygen atoms in total. The molecule has 0 radical (unpaired) electrons. The largest absolute Gasteiger partial charge is 0.391 e. The van der Waals surface area contributed by atoms with E-state index in [9.17, 15) is 4.79 Å². The molecule has 3 heteroatoms. The van der Waals surface area contributed by atoms with Crippen LogP contribution in [0.4, 0.5) is 0 Å². The van der Waals surface area contributed by atoms with Crippen LogP contribution in [0.25, 0.3) is 0 Å². The van der Waals surface area contributed by atoms with E-state index >= 15 is 0 Å². The number of carbonyl (C=O) groups is 1. The Morgan fingerprint density at radius 3 is 2.82 bits per heavy atom. The van der Waals surface area contributed by atoms with E-state index < -0.39 is 0 Å². The Hall–Kier alpha value is -1.12. The highest BCUT2D eigenvalue weighted by molar-refractivity contribution is 5.67. The van der Waals surface area contributed by atoms with Gasteiger partial charge >= 0.3 is 0 Å². The molecule has 0 atom stereocenters. The minimum absolute atomic E-state index is 0.649. The van der Waals surface area contributed by atoms with Crippen molar-refractivity contribution in [1.82, 2.24) is 5.32 Å². The molecule has 0 aliphatic rings. The molecular formula is C8H14N2O. The van der Waals surface area contributed by atoms with Crippen molar-refractivity contribution in [2.45, 2.75) is 19.3 Å². The van der Waals surface area contributed by atoms with E-state index in [1.165, 1.54) is 6.21 Å². The quantitative estimate of drug-likeness (QED) is 0.328. The van der Waals surface area contributed by atoms with E-state index in [1.54, 1.807) is 12.3 Å². The first kappa shape index (κ1) is 9.88. The van der Waals surface area contributed by atoms with Crippen LogP contribution in [0.1, 0.15) is 19.3 Å². The van der Waals surface area contributed by atoms with Crippen LogP contribution in [0.3, 0.4) is 0 Å². The number of carbonyl (C=O) groups excluding carboxylic acids is 1. The molecule has 62 valence electrons. The summed E-state index contributed by atoms with van der Waals surface area (Å²) in [5.74, 6) is 0. The van der Waals surface area contributed by atoms with Crippen LogP contribution in [-0.2, 0) is 4.79 Å². The summed E-state index contributed by atoms with van der Waals surface area (Å²) >= 11 is 0. The first-order valence-electron chi connectivity index (χ1n) is 3.74. The van der Waals surface area contributed by atoms with Crippen molar-refractivity contribution in [3.63, 3.8) is 0 Å². The number of allylic oxidation sites excluding steroid dienone is 1. The summed E-state index contributed by atoms with van der Waals surface area (Å²) in [6, 6.07) is 0. The minimum Gasteiger partial charge on any atom is -0.391 e. The summed E-state index contributed by atoms with van der Waals surface area (Å²) < 4.78 is 0. The zero-order valence-corrected chi connectivity index (χ0v) is 6.55. The smallest absolute Gasteiger partial charge is 0.119 e. The molecule has 0 unspecified atom stereocenters. The van der Waals surface area contributed by atoms with Gasteiger partial charge in [-0.1, -0.05) is 0 Å². The summed E-state index contributed by atoms with van der Waals surface area (Å²) in [6.45, 7) is 0.873. The molecule has 0 rings (SSSR count). The molecule has 0 amide bonds. The maximum Gasteiger partial charge on any atom is 0.119 e. The Labute approximate surface area is 67.0 Å². The van der Waals surface area contributed by atoms with Crippen molar-refractivity contribution in [1.29, 1.82) is 5.41 Å². The minimum atomic E-state index is 0.649. The second kappa shape index (κ2) is 8.88. The highest BCUT2D eigenvalue weighted by Gasteiger charge is 1.83. The van der Waals surface area contributed by atoms with Gasteiger partial charge in [-0.05, 0) is 25.1 Å². The predicted molar refractivity (Wildman–Crippen MR) is 45.8 cm³/mol.